The second-order valence-electron chi connectivity index (χ2n) is 3.48. The zero-order valence-corrected chi connectivity index (χ0v) is 8.53. The molecule has 4 heteroatoms. The highest BCUT2D eigenvalue weighted by Gasteiger charge is 2.35. The van der Waals surface area contributed by atoms with E-state index in [4.69, 9.17) is 4.74 Å². The van der Waals surface area contributed by atoms with Crippen LogP contribution in [0.5, 0.6) is 0 Å². The lowest BCUT2D eigenvalue weighted by Gasteiger charge is -2.08. The van der Waals surface area contributed by atoms with Crippen LogP contribution in [0.1, 0.15) is 32.1 Å². The van der Waals surface area contributed by atoms with E-state index in [0.717, 1.165) is 6.42 Å². The number of esters is 1. The van der Waals surface area contributed by atoms with Crippen molar-refractivity contribution in [2.45, 2.75) is 38.2 Å². The summed E-state index contributed by atoms with van der Waals surface area (Å²) in [4.78, 5) is 33.5. The van der Waals surface area contributed by atoms with Crippen molar-refractivity contribution in [2.75, 3.05) is 0 Å². The maximum Gasteiger partial charge on any atom is 0.306 e. The summed E-state index contributed by atoms with van der Waals surface area (Å²) in [5.41, 5.74) is 0. The molecule has 0 heterocycles. The molecule has 0 atom stereocenters. The van der Waals surface area contributed by atoms with Crippen LogP contribution in [0.4, 0.5) is 0 Å². The molecule has 1 saturated carbocycles. The standard InChI is InChI=1S/C11H14O4/c1-2-3-4-5-10(14)15-11-8(12)6-7-9(11)13/h2,11H,1,3-7H2. The molecule has 0 aromatic rings. The van der Waals surface area contributed by atoms with Gasteiger partial charge in [0.05, 0.1) is 0 Å². The molecule has 1 aliphatic carbocycles. The normalized spacial score (nSPS) is 16.8. The average Bonchev–Trinajstić information content (AvgIpc) is 2.50. The molecule has 0 aromatic carbocycles. The smallest absolute Gasteiger partial charge is 0.306 e. The Balaban J connectivity index is 2.33. The lowest BCUT2D eigenvalue weighted by Crippen LogP contribution is -2.28. The minimum Gasteiger partial charge on any atom is -0.446 e. The van der Waals surface area contributed by atoms with Crippen molar-refractivity contribution in [3.05, 3.63) is 12.7 Å². The molecule has 0 unspecified atom stereocenters. The van der Waals surface area contributed by atoms with Gasteiger partial charge in [-0.3, -0.25) is 14.4 Å². The van der Waals surface area contributed by atoms with Crippen molar-refractivity contribution in [2.24, 2.45) is 0 Å². The third-order valence-corrected chi connectivity index (χ3v) is 2.24. The summed E-state index contributed by atoms with van der Waals surface area (Å²) in [7, 11) is 0. The maximum absolute atomic E-state index is 11.2. The van der Waals surface area contributed by atoms with Gasteiger partial charge in [-0.05, 0) is 12.8 Å². The topological polar surface area (TPSA) is 60.4 Å². The van der Waals surface area contributed by atoms with E-state index in [1.54, 1.807) is 6.08 Å². The third kappa shape index (κ3) is 3.31. The van der Waals surface area contributed by atoms with Gasteiger partial charge in [-0.1, -0.05) is 6.08 Å². The molecule has 4 nitrogen and oxygen atoms in total. The zero-order chi connectivity index (χ0) is 11.3. The molecule has 0 aromatic heterocycles. The predicted octanol–water partition coefficient (Wildman–Crippen LogP) is 1.19. The Hall–Kier alpha value is -1.45. The summed E-state index contributed by atoms with van der Waals surface area (Å²) in [6, 6.07) is 0. The molecule has 0 spiro atoms. The average molecular weight is 210 g/mol. The van der Waals surface area contributed by atoms with Crippen molar-refractivity contribution >= 4 is 17.5 Å². The lowest BCUT2D eigenvalue weighted by atomic mass is 10.2. The van der Waals surface area contributed by atoms with Gasteiger partial charge in [0, 0.05) is 19.3 Å². The Morgan fingerprint density at radius 1 is 1.40 bits per heavy atom. The van der Waals surface area contributed by atoms with E-state index in [1.807, 2.05) is 0 Å². The number of carbonyl (C=O) groups excluding carboxylic acids is 3. The van der Waals surface area contributed by atoms with Crippen LogP contribution in [0.2, 0.25) is 0 Å². The Morgan fingerprint density at radius 2 is 2.00 bits per heavy atom. The van der Waals surface area contributed by atoms with E-state index in [-0.39, 0.29) is 30.8 Å². The number of rotatable bonds is 5. The molecule has 0 amide bonds. The van der Waals surface area contributed by atoms with Crippen LogP contribution in [0, 0.1) is 0 Å². The maximum atomic E-state index is 11.2. The number of hydrogen-bond acceptors (Lipinski definition) is 4. The van der Waals surface area contributed by atoms with Crippen LogP contribution in [0.25, 0.3) is 0 Å². The van der Waals surface area contributed by atoms with Crippen molar-refractivity contribution in [1.82, 2.24) is 0 Å². The number of allylic oxidation sites excluding steroid dienone is 1. The summed E-state index contributed by atoms with van der Waals surface area (Å²) < 4.78 is 4.81. The van der Waals surface area contributed by atoms with Crippen molar-refractivity contribution in [1.29, 1.82) is 0 Å². The summed E-state index contributed by atoms with van der Waals surface area (Å²) in [6.07, 6.45) is 2.56. The molecule has 0 aliphatic heterocycles. The van der Waals surface area contributed by atoms with E-state index >= 15 is 0 Å². The highest BCUT2D eigenvalue weighted by molar-refractivity contribution is 6.12. The first-order valence-corrected chi connectivity index (χ1v) is 5.01. The van der Waals surface area contributed by atoms with Gasteiger partial charge >= 0.3 is 5.97 Å². The fourth-order valence-corrected chi connectivity index (χ4v) is 1.40. The fraction of sp³-hybridized carbons (Fsp3) is 0.545. The number of ketones is 2. The molecule has 15 heavy (non-hydrogen) atoms. The van der Waals surface area contributed by atoms with E-state index in [0.29, 0.717) is 6.42 Å². The number of ether oxygens (including phenoxy) is 1. The molecule has 0 radical (unpaired) electrons. The summed E-state index contributed by atoms with van der Waals surface area (Å²) >= 11 is 0. The molecule has 0 N–H and O–H groups in total. The molecule has 82 valence electrons. The van der Waals surface area contributed by atoms with Crippen molar-refractivity contribution in [3.8, 4) is 0 Å². The Morgan fingerprint density at radius 3 is 2.53 bits per heavy atom. The first-order valence-electron chi connectivity index (χ1n) is 5.01. The first kappa shape index (κ1) is 11.6. The lowest BCUT2D eigenvalue weighted by molar-refractivity contribution is -0.157. The molecule has 1 rings (SSSR count). The molecule has 0 bridgehead atoms. The highest BCUT2D eigenvalue weighted by atomic mass is 16.5. The number of Topliss-reactive ketones (excluding diaryl/α,β-unsaturated/α-hetero) is 2. The number of hydrogen-bond donors (Lipinski definition) is 0. The minimum absolute atomic E-state index is 0.198. The quantitative estimate of drug-likeness (QED) is 0.296. The van der Waals surface area contributed by atoms with Crippen LogP contribution in [0.15, 0.2) is 12.7 Å². The Labute approximate surface area is 88.3 Å². The monoisotopic (exact) mass is 210 g/mol. The van der Waals surface area contributed by atoms with E-state index < -0.39 is 12.1 Å². The van der Waals surface area contributed by atoms with Crippen LogP contribution in [0.3, 0.4) is 0 Å². The molecule has 0 saturated heterocycles. The summed E-state index contributed by atoms with van der Waals surface area (Å²) in [5.74, 6) is -1.04. The number of carbonyl (C=O) groups is 3. The van der Waals surface area contributed by atoms with Gasteiger partial charge in [-0.15, -0.1) is 6.58 Å². The van der Waals surface area contributed by atoms with Gasteiger partial charge in [0.1, 0.15) is 0 Å². The molecule has 1 fully saturated rings. The summed E-state index contributed by atoms with van der Waals surface area (Å²) in [6.45, 7) is 3.52. The van der Waals surface area contributed by atoms with Crippen LogP contribution >= 0.6 is 0 Å². The Bertz CT molecular complexity index is 277. The number of unbranched alkanes of at least 4 members (excludes halogenated alkanes) is 1. The van der Waals surface area contributed by atoms with E-state index in [1.165, 1.54) is 0 Å². The van der Waals surface area contributed by atoms with Gasteiger partial charge in [-0.2, -0.15) is 0 Å². The zero-order valence-electron chi connectivity index (χ0n) is 8.53. The van der Waals surface area contributed by atoms with Crippen LogP contribution in [-0.2, 0) is 19.1 Å². The first-order chi connectivity index (χ1) is 7.15. The second-order valence-corrected chi connectivity index (χ2v) is 3.48. The predicted molar refractivity (Wildman–Crippen MR) is 53.2 cm³/mol. The molecule has 1 aliphatic rings. The third-order valence-electron chi connectivity index (χ3n) is 2.24. The summed E-state index contributed by atoms with van der Waals surface area (Å²) in [5, 5.41) is 0. The van der Waals surface area contributed by atoms with Crippen molar-refractivity contribution in [3.63, 3.8) is 0 Å². The van der Waals surface area contributed by atoms with Crippen LogP contribution in [-0.4, -0.2) is 23.6 Å². The second kappa shape index (κ2) is 5.44. The van der Waals surface area contributed by atoms with Gasteiger partial charge in [0.2, 0.25) is 6.10 Å². The van der Waals surface area contributed by atoms with Gasteiger partial charge < -0.3 is 4.74 Å². The van der Waals surface area contributed by atoms with E-state index in [9.17, 15) is 14.4 Å². The van der Waals surface area contributed by atoms with E-state index in [2.05, 4.69) is 6.58 Å². The van der Waals surface area contributed by atoms with Gasteiger partial charge in [0.15, 0.2) is 11.6 Å². The van der Waals surface area contributed by atoms with Gasteiger partial charge in [-0.25, -0.2) is 0 Å². The SMILES string of the molecule is C=CCCCC(=O)OC1C(=O)CCC1=O. The highest BCUT2D eigenvalue weighted by Crippen LogP contribution is 2.15. The fourth-order valence-electron chi connectivity index (χ4n) is 1.40. The largest absolute Gasteiger partial charge is 0.446 e. The Kier molecular flexibility index (Phi) is 4.21. The molecular weight excluding hydrogens is 196 g/mol. The van der Waals surface area contributed by atoms with Crippen LogP contribution < -0.4 is 0 Å². The minimum atomic E-state index is -1.12. The van der Waals surface area contributed by atoms with Gasteiger partial charge in [0.25, 0.3) is 0 Å². The molecular formula is C11H14O4. The van der Waals surface area contributed by atoms with Crippen molar-refractivity contribution < 1.29 is 19.1 Å².